The van der Waals surface area contributed by atoms with Crippen LogP contribution in [0.4, 0.5) is 0 Å². The van der Waals surface area contributed by atoms with Gasteiger partial charge >= 0.3 is 0 Å². The molecule has 2 amide bonds. The van der Waals surface area contributed by atoms with Crippen molar-refractivity contribution < 1.29 is 23.8 Å². The first-order chi connectivity index (χ1) is 15.1. The Balaban J connectivity index is 1.19. The molecule has 2 aromatic carbocycles. The molecule has 4 rings (SSSR count). The number of hydrogen-bond acceptors (Lipinski definition) is 7. The zero-order valence-electron chi connectivity index (χ0n) is 16.8. The molecule has 2 N–H and O–H groups in total. The fourth-order valence-corrected chi connectivity index (χ4v) is 3.53. The Morgan fingerprint density at radius 2 is 1.77 bits per heavy atom. The lowest BCUT2D eigenvalue weighted by Crippen LogP contribution is -2.34. The molecule has 160 valence electrons. The Kier molecular flexibility index (Phi) is 6.32. The third-order valence-corrected chi connectivity index (χ3v) is 5.32. The van der Waals surface area contributed by atoms with E-state index < -0.39 is 0 Å². The van der Waals surface area contributed by atoms with Crippen LogP contribution in [0.15, 0.2) is 47.8 Å². The maximum absolute atomic E-state index is 12.3. The Bertz CT molecular complexity index is 1080. The van der Waals surface area contributed by atoms with Crippen LogP contribution in [-0.2, 0) is 6.61 Å². The Labute approximate surface area is 183 Å². The summed E-state index contributed by atoms with van der Waals surface area (Å²) in [5.41, 5.74) is 1.95. The first kappa shape index (κ1) is 20.7. The van der Waals surface area contributed by atoms with E-state index in [0.29, 0.717) is 34.4 Å². The average molecular weight is 439 g/mol. The second kappa shape index (κ2) is 9.48. The maximum atomic E-state index is 12.3. The van der Waals surface area contributed by atoms with Crippen molar-refractivity contribution >= 4 is 23.2 Å². The van der Waals surface area contributed by atoms with Crippen LogP contribution < -0.4 is 24.8 Å². The molecule has 2 heterocycles. The number of fused-ring (bicyclic) bond motifs is 1. The van der Waals surface area contributed by atoms with Crippen molar-refractivity contribution in [2.24, 2.45) is 0 Å². The second-order valence-electron chi connectivity index (χ2n) is 6.81. The quantitative estimate of drug-likeness (QED) is 0.524. The maximum Gasteiger partial charge on any atom is 0.270 e. The molecule has 31 heavy (non-hydrogen) atoms. The Hall–Kier alpha value is -3.59. The molecule has 9 heteroatoms. The fourth-order valence-electron chi connectivity index (χ4n) is 2.84. The molecule has 0 unspecified atom stereocenters. The highest BCUT2D eigenvalue weighted by molar-refractivity contribution is 7.09. The van der Waals surface area contributed by atoms with Gasteiger partial charge in [-0.15, -0.1) is 11.3 Å². The van der Waals surface area contributed by atoms with E-state index >= 15 is 0 Å². The zero-order valence-corrected chi connectivity index (χ0v) is 17.7. The van der Waals surface area contributed by atoms with Gasteiger partial charge in [-0.1, -0.05) is 17.7 Å². The Morgan fingerprint density at radius 3 is 2.58 bits per heavy atom. The van der Waals surface area contributed by atoms with Gasteiger partial charge < -0.3 is 24.8 Å². The second-order valence-corrected chi connectivity index (χ2v) is 7.75. The summed E-state index contributed by atoms with van der Waals surface area (Å²) in [5.74, 6) is 1.37. The number of hydrogen-bond donors (Lipinski definition) is 2. The molecule has 1 aliphatic rings. The summed E-state index contributed by atoms with van der Waals surface area (Å²) in [6.07, 6.45) is 0. The number of thiazole rings is 1. The standard InChI is InChI=1S/C22H21N3O5S/c1-14-2-5-16(6-3-14)28-11-20-25-17(12-31-20)22(27)24-9-8-23-21(26)15-4-7-18-19(10-15)30-13-29-18/h2-7,10,12H,8-9,11,13H2,1H3,(H,23,26)(H,24,27). The molecule has 8 nitrogen and oxygen atoms in total. The van der Waals surface area contributed by atoms with Crippen molar-refractivity contribution in [3.05, 3.63) is 69.7 Å². The number of rotatable bonds is 8. The van der Waals surface area contributed by atoms with Gasteiger partial charge in [-0.3, -0.25) is 9.59 Å². The molecule has 1 aromatic heterocycles. The third kappa shape index (κ3) is 5.32. The molecular weight excluding hydrogens is 418 g/mol. The van der Waals surface area contributed by atoms with Crippen LogP contribution in [0.3, 0.4) is 0 Å². The van der Waals surface area contributed by atoms with E-state index in [9.17, 15) is 9.59 Å². The summed E-state index contributed by atoms with van der Waals surface area (Å²) in [5, 5.41) is 7.90. The molecule has 3 aromatic rings. The molecule has 0 saturated carbocycles. The fraction of sp³-hybridized carbons (Fsp3) is 0.227. The van der Waals surface area contributed by atoms with Crippen molar-refractivity contribution in [2.75, 3.05) is 19.9 Å². The molecule has 0 atom stereocenters. The van der Waals surface area contributed by atoms with Gasteiger partial charge in [0.2, 0.25) is 6.79 Å². The van der Waals surface area contributed by atoms with E-state index in [-0.39, 0.29) is 31.7 Å². The topological polar surface area (TPSA) is 98.8 Å². The lowest BCUT2D eigenvalue weighted by Gasteiger charge is -2.07. The number of carbonyl (C=O) groups is 2. The van der Waals surface area contributed by atoms with E-state index in [0.717, 1.165) is 11.3 Å². The van der Waals surface area contributed by atoms with Crippen molar-refractivity contribution in [3.63, 3.8) is 0 Å². The molecule has 0 aliphatic carbocycles. The van der Waals surface area contributed by atoms with E-state index in [1.54, 1.807) is 23.6 Å². The number of nitrogens with zero attached hydrogens (tertiary/aromatic N) is 1. The van der Waals surface area contributed by atoms with Crippen LogP contribution in [0.1, 0.15) is 31.4 Å². The van der Waals surface area contributed by atoms with Crippen LogP contribution in [0.5, 0.6) is 17.2 Å². The van der Waals surface area contributed by atoms with Gasteiger partial charge in [0, 0.05) is 24.0 Å². The van der Waals surface area contributed by atoms with Crippen LogP contribution in [-0.4, -0.2) is 36.7 Å². The van der Waals surface area contributed by atoms with Gasteiger partial charge in [0.05, 0.1) is 0 Å². The average Bonchev–Trinajstić information content (AvgIpc) is 3.45. The monoisotopic (exact) mass is 439 g/mol. The number of nitrogens with one attached hydrogen (secondary N) is 2. The minimum absolute atomic E-state index is 0.156. The number of aryl methyl sites for hydroxylation is 1. The van der Waals surface area contributed by atoms with E-state index in [4.69, 9.17) is 14.2 Å². The summed E-state index contributed by atoms with van der Waals surface area (Å²) in [6, 6.07) is 12.7. The third-order valence-electron chi connectivity index (χ3n) is 4.50. The Morgan fingerprint density at radius 1 is 1.03 bits per heavy atom. The van der Waals surface area contributed by atoms with Crippen molar-refractivity contribution in [1.82, 2.24) is 15.6 Å². The van der Waals surface area contributed by atoms with Gasteiger partial charge in [0.15, 0.2) is 11.5 Å². The van der Waals surface area contributed by atoms with Gasteiger partial charge in [0.25, 0.3) is 11.8 Å². The molecule has 1 aliphatic heterocycles. The highest BCUT2D eigenvalue weighted by Crippen LogP contribution is 2.32. The molecule has 0 radical (unpaired) electrons. The van der Waals surface area contributed by atoms with E-state index in [2.05, 4.69) is 15.6 Å². The molecular formula is C22H21N3O5S. The van der Waals surface area contributed by atoms with Crippen molar-refractivity contribution in [3.8, 4) is 17.2 Å². The van der Waals surface area contributed by atoms with Crippen LogP contribution in [0.25, 0.3) is 0 Å². The molecule has 0 saturated heterocycles. The smallest absolute Gasteiger partial charge is 0.270 e. The van der Waals surface area contributed by atoms with Gasteiger partial charge in [-0.05, 0) is 37.3 Å². The number of carbonyl (C=O) groups excluding carboxylic acids is 2. The van der Waals surface area contributed by atoms with Gasteiger partial charge in [-0.25, -0.2) is 4.98 Å². The minimum atomic E-state index is -0.296. The summed E-state index contributed by atoms with van der Waals surface area (Å²) in [7, 11) is 0. The highest BCUT2D eigenvalue weighted by Gasteiger charge is 2.16. The SMILES string of the molecule is Cc1ccc(OCc2nc(C(=O)NCCNC(=O)c3ccc4c(c3)OCO4)cs2)cc1. The van der Waals surface area contributed by atoms with E-state index in [1.807, 2.05) is 31.2 Å². The normalized spacial score (nSPS) is 11.8. The van der Waals surface area contributed by atoms with Crippen LogP contribution in [0, 0.1) is 6.92 Å². The first-order valence-electron chi connectivity index (χ1n) is 9.68. The number of ether oxygens (including phenoxy) is 3. The van der Waals surface area contributed by atoms with Crippen LogP contribution >= 0.6 is 11.3 Å². The predicted molar refractivity (Wildman–Crippen MR) is 115 cm³/mol. The summed E-state index contributed by atoms with van der Waals surface area (Å²) in [6.45, 7) is 3.03. The zero-order chi connectivity index (χ0) is 21.6. The predicted octanol–water partition coefficient (Wildman–Crippen LogP) is 2.92. The summed E-state index contributed by atoms with van der Waals surface area (Å²) in [4.78, 5) is 28.8. The lowest BCUT2D eigenvalue weighted by molar-refractivity contribution is 0.0925. The molecule has 0 spiro atoms. The molecule has 0 fully saturated rings. The lowest BCUT2D eigenvalue weighted by atomic mass is 10.2. The summed E-state index contributed by atoms with van der Waals surface area (Å²) >= 11 is 1.36. The van der Waals surface area contributed by atoms with Gasteiger partial charge in [0.1, 0.15) is 23.1 Å². The summed E-state index contributed by atoms with van der Waals surface area (Å²) < 4.78 is 16.2. The van der Waals surface area contributed by atoms with Crippen molar-refractivity contribution in [1.29, 1.82) is 0 Å². The highest BCUT2D eigenvalue weighted by atomic mass is 32.1. The number of benzene rings is 2. The van der Waals surface area contributed by atoms with Gasteiger partial charge in [-0.2, -0.15) is 0 Å². The number of aromatic nitrogens is 1. The van der Waals surface area contributed by atoms with Crippen molar-refractivity contribution in [2.45, 2.75) is 13.5 Å². The number of amides is 2. The molecule has 0 bridgehead atoms. The minimum Gasteiger partial charge on any atom is -0.486 e. The largest absolute Gasteiger partial charge is 0.486 e. The van der Waals surface area contributed by atoms with Crippen LogP contribution in [0.2, 0.25) is 0 Å². The van der Waals surface area contributed by atoms with E-state index in [1.165, 1.54) is 11.3 Å². The first-order valence-corrected chi connectivity index (χ1v) is 10.6.